The highest BCUT2D eigenvalue weighted by atomic mass is 32.1. The minimum absolute atomic E-state index is 0.616. The largest absolute Gasteiger partial charge is 0.497 e. The minimum atomic E-state index is 0.616. The van der Waals surface area contributed by atoms with Gasteiger partial charge in [-0.3, -0.25) is 0 Å². The van der Waals surface area contributed by atoms with E-state index in [9.17, 15) is 0 Å². The fourth-order valence-electron chi connectivity index (χ4n) is 8.29. The van der Waals surface area contributed by atoms with Crippen molar-refractivity contribution in [3.05, 3.63) is 218 Å². The topological polar surface area (TPSA) is 41.7 Å². The summed E-state index contributed by atoms with van der Waals surface area (Å²) < 4.78 is 14.2. The Morgan fingerprint density at radius 2 is 0.855 bits per heavy atom. The SMILES string of the molecule is COc1cccc(N(c2ccccc2)c2ccc(-c3ccc4sc5ccc(-c6ccc(N(c7ccccc7)c7ccc(-c8nc9ccccc9o8)cc7)cc6)cc5c4c3)cc2)c1. The van der Waals surface area contributed by atoms with Crippen molar-refractivity contribution in [1.29, 1.82) is 0 Å². The molecule has 11 aromatic rings. The van der Waals surface area contributed by atoms with Crippen LogP contribution in [0.2, 0.25) is 0 Å². The number of aromatic nitrogens is 1. The summed E-state index contributed by atoms with van der Waals surface area (Å²) in [6.45, 7) is 0. The van der Waals surface area contributed by atoms with Crippen LogP contribution in [0.3, 0.4) is 0 Å². The second-order valence-electron chi connectivity index (χ2n) is 15.2. The van der Waals surface area contributed by atoms with Gasteiger partial charge in [-0.2, -0.15) is 0 Å². The van der Waals surface area contributed by atoms with Crippen LogP contribution in [-0.2, 0) is 0 Å². The van der Waals surface area contributed by atoms with Gasteiger partial charge in [-0.1, -0.05) is 91.0 Å². The van der Waals surface area contributed by atoms with Crippen molar-refractivity contribution >= 4 is 76.7 Å². The van der Waals surface area contributed by atoms with E-state index < -0.39 is 0 Å². The van der Waals surface area contributed by atoms with Gasteiger partial charge in [0.25, 0.3) is 0 Å². The Kier molecular flexibility index (Phi) is 9.53. The van der Waals surface area contributed by atoms with Crippen LogP contribution in [0.1, 0.15) is 0 Å². The first-order valence-electron chi connectivity index (χ1n) is 20.6. The van der Waals surface area contributed by atoms with Crippen LogP contribution in [0, 0.1) is 0 Å². The van der Waals surface area contributed by atoms with Gasteiger partial charge >= 0.3 is 0 Å². The molecule has 0 N–H and O–H groups in total. The van der Waals surface area contributed by atoms with Gasteiger partial charge in [0, 0.05) is 65.9 Å². The van der Waals surface area contributed by atoms with E-state index in [-0.39, 0.29) is 0 Å². The normalized spacial score (nSPS) is 11.3. The number of para-hydroxylation sites is 4. The summed E-state index contributed by atoms with van der Waals surface area (Å²) in [5.74, 6) is 1.44. The maximum atomic E-state index is 6.06. The molecule has 62 heavy (non-hydrogen) atoms. The van der Waals surface area contributed by atoms with Crippen molar-refractivity contribution < 1.29 is 9.15 Å². The van der Waals surface area contributed by atoms with Crippen LogP contribution in [-0.4, -0.2) is 12.1 Å². The smallest absolute Gasteiger partial charge is 0.227 e. The predicted octanol–water partition coefficient (Wildman–Crippen LogP) is 16.1. The van der Waals surface area contributed by atoms with Crippen LogP contribution in [0.25, 0.3) is 65.0 Å². The summed E-state index contributed by atoms with van der Waals surface area (Å²) in [5.41, 5.74) is 13.7. The summed E-state index contributed by atoms with van der Waals surface area (Å²) in [7, 11) is 1.71. The van der Waals surface area contributed by atoms with Crippen LogP contribution in [0.4, 0.5) is 34.1 Å². The highest BCUT2D eigenvalue weighted by molar-refractivity contribution is 7.25. The van der Waals surface area contributed by atoms with Crippen molar-refractivity contribution in [1.82, 2.24) is 4.98 Å². The molecule has 2 aromatic heterocycles. The van der Waals surface area contributed by atoms with Gasteiger partial charge in [0.15, 0.2) is 5.58 Å². The molecule has 0 atom stereocenters. The highest BCUT2D eigenvalue weighted by Gasteiger charge is 2.17. The third-order valence-electron chi connectivity index (χ3n) is 11.4. The number of ether oxygens (including phenoxy) is 1. The molecule has 0 amide bonds. The third kappa shape index (κ3) is 7.02. The number of thiophene rings is 1. The summed E-state index contributed by atoms with van der Waals surface area (Å²) in [4.78, 5) is 9.25. The van der Waals surface area contributed by atoms with Gasteiger partial charge in [0.2, 0.25) is 5.89 Å². The lowest BCUT2D eigenvalue weighted by atomic mass is 9.99. The second-order valence-corrected chi connectivity index (χ2v) is 16.3. The molecule has 0 aliphatic rings. The number of benzene rings is 9. The molecule has 6 heteroatoms. The first-order chi connectivity index (χ1) is 30.6. The molecule has 0 fully saturated rings. The molecule has 0 aliphatic carbocycles. The summed E-state index contributed by atoms with van der Waals surface area (Å²) in [6, 6.07) is 76.8. The maximum absolute atomic E-state index is 6.06. The molecule has 0 spiro atoms. The molecule has 0 bridgehead atoms. The Labute approximate surface area is 364 Å². The summed E-state index contributed by atoms with van der Waals surface area (Å²) in [5, 5.41) is 2.53. The molecular weight excluding hydrogens is 779 g/mol. The molecule has 0 saturated carbocycles. The zero-order valence-electron chi connectivity index (χ0n) is 33.9. The van der Waals surface area contributed by atoms with Crippen LogP contribution in [0.5, 0.6) is 5.75 Å². The average Bonchev–Trinajstić information content (AvgIpc) is 3.95. The van der Waals surface area contributed by atoms with Crippen molar-refractivity contribution in [2.24, 2.45) is 0 Å². The zero-order chi connectivity index (χ0) is 41.4. The number of fused-ring (bicyclic) bond motifs is 4. The molecule has 5 nitrogen and oxygen atoms in total. The maximum Gasteiger partial charge on any atom is 0.227 e. The fraction of sp³-hybridized carbons (Fsp3) is 0.0179. The average molecular weight is 818 g/mol. The Balaban J connectivity index is 0.890. The van der Waals surface area contributed by atoms with E-state index in [1.807, 2.05) is 53.8 Å². The van der Waals surface area contributed by atoms with E-state index in [2.05, 4.69) is 186 Å². The zero-order valence-corrected chi connectivity index (χ0v) is 34.7. The van der Waals surface area contributed by atoms with Crippen LogP contribution in [0.15, 0.2) is 223 Å². The fourth-order valence-corrected chi connectivity index (χ4v) is 9.36. The van der Waals surface area contributed by atoms with Crippen molar-refractivity contribution in [2.45, 2.75) is 0 Å². The second kappa shape index (κ2) is 15.9. The number of hydrogen-bond acceptors (Lipinski definition) is 6. The standard InChI is InChI=1S/C56H39N3O2S/c1-60-49-16-10-15-48(37-49)59(44-13-6-3-7-14-44)47-29-21-39(22-30-47)42-26-34-55-51(36-42)50-35-41(25-33-54(50)62-55)38-19-27-45(28-20-38)58(43-11-4-2-5-12-43)46-31-23-40(24-32-46)56-57-52-17-8-9-18-53(52)61-56/h2-37H,1H3. The van der Waals surface area contributed by atoms with E-state index in [0.29, 0.717) is 5.89 Å². The number of hydrogen-bond donors (Lipinski definition) is 0. The number of nitrogens with zero attached hydrogens (tertiary/aromatic N) is 3. The van der Waals surface area contributed by atoms with E-state index in [4.69, 9.17) is 14.1 Å². The molecule has 296 valence electrons. The van der Waals surface area contributed by atoms with E-state index in [1.54, 1.807) is 7.11 Å². The van der Waals surface area contributed by atoms with Crippen molar-refractivity contribution in [2.75, 3.05) is 16.9 Å². The number of rotatable bonds is 10. The van der Waals surface area contributed by atoms with Gasteiger partial charge in [0.05, 0.1) is 7.11 Å². The first kappa shape index (κ1) is 37.1. The first-order valence-corrected chi connectivity index (χ1v) is 21.4. The monoisotopic (exact) mass is 817 g/mol. The van der Waals surface area contributed by atoms with Crippen LogP contribution < -0.4 is 14.5 Å². The lowest BCUT2D eigenvalue weighted by molar-refractivity contribution is 0.415. The van der Waals surface area contributed by atoms with Gasteiger partial charge in [-0.25, -0.2) is 4.98 Å². The lowest BCUT2D eigenvalue weighted by Crippen LogP contribution is -2.09. The molecule has 0 aliphatic heterocycles. The molecular formula is C56H39N3O2S. The van der Waals surface area contributed by atoms with Crippen LogP contribution >= 0.6 is 11.3 Å². The van der Waals surface area contributed by atoms with E-state index in [0.717, 1.165) is 56.5 Å². The van der Waals surface area contributed by atoms with Crippen molar-refractivity contribution in [3.8, 4) is 39.5 Å². The molecule has 2 heterocycles. The number of oxazole rings is 1. The Morgan fingerprint density at radius 3 is 1.39 bits per heavy atom. The van der Waals surface area contributed by atoms with Crippen molar-refractivity contribution in [3.63, 3.8) is 0 Å². The Hall–Kier alpha value is -7.93. The Morgan fingerprint density at radius 1 is 0.403 bits per heavy atom. The van der Waals surface area contributed by atoms with Gasteiger partial charge in [0.1, 0.15) is 11.3 Å². The summed E-state index contributed by atoms with van der Waals surface area (Å²) >= 11 is 1.84. The van der Waals surface area contributed by atoms with E-state index in [1.165, 1.54) is 42.4 Å². The molecule has 0 saturated heterocycles. The lowest BCUT2D eigenvalue weighted by Gasteiger charge is -2.26. The Bertz CT molecular complexity index is 3290. The third-order valence-corrected chi connectivity index (χ3v) is 12.5. The number of methoxy groups -OCH3 is 1. The quantitative estimate of drug-likeness (QED) is 0.137. The highest BCUT2D eigenvalue weighted by Crippen LogP contribution is 2.42. The minimum Gasteiger partial charge on any atom is -0.497 e. The number of anilines is 6. The van der Waals surface area contributed by atoms with E-state index >= 15 is 0 Å². The van der Waals surface area contributed by atoms with Gasteiger partial charge in [-0.05, 0) is 144 Å². The van der Waals surface area contributed by atoms with Gasteiger partial charge in [-0.15, -0.1) is 11.3 Å². The predicted molar refractivity (Wildman–Crippen MR) is 259 cm³/mol. The summed E-state index contributed by atoms with van der Waals surface area (Å²) in [6.07, 6.45) is 0. The molecule has 0 radical (unpaired) electrons. The molecule has 0 unspecified atom stereocenters. The molecule has 9 aromatic carbocycles. The molecule has 11 rings (SSSR count). The van der Waals surface area contributed by atoms with Gasteiger partial charge < -0.3 is 19.0 Å².